The normalized spacial score (nSPS) is 22.4. The molecule has 0 bridgehead atoms. The van der Waals surface area contributed by atoms with Crippen LogP contribution in [0.2, 0.25) is 0 Å². The van der Waals surface area contributed by atoms with Gasteiger partial charge in [0.15, 0.2) is 11.5 Å². The summed E-state index contributed by atoms with van der Waals surface area (Å²) in [6.45, 7) is 2.15. The average Bonchev–Trinajstić information content (AvgIpc) is 2.73. The van der Waals surface area contributed by atoms with Crippen LogP contribution < -0.4 is 15.0 Å². The Morgan fingerprint density at radius 1 is 1.20 bits per heavy atom. The third kappa shape index (κ3) is 4.59. The molecule has 156 valence electrons. The summed E-state index contributed by atoms with van der Waals surface area (Å²) in [6.07, 6.45) is 6.18. The molecule has 2 aliphatic rings. The van der Waals surface area contributed by atoms with Gasteiger partial charge in [0.1, 0.15) is 6.54 Å². The third-order valence-electron chi connectivity index (χ3n) is 5.74. The Balaban J connectivity index is 1.57. The van der Waals surface area contributed by atoms with Crippen LogP contribution in [0.3, 0.4) is 0 Å². The summed E-state index contributed by atoms with van der Waals surface area (Å²) in [6, 6.07) is 15.1. The van der Waals surface area contributed by atoms with Gasteiger partial charge in [0.25, 0.3) is 5.91 Å². The zero-order valence-electron chi connectivity index (χ0n) is 16.9. The van der Waals surface area contributed by atoms with E-state index < -0.39 is 0 Å². The zero-order chi connectivity index (χ0) is 21.1. The second kappa shape index (κ2) is 9.04. The highest BCUT2D eigenvalue weighted by molar-refractivity contribution is 9.10. The van der Waals surface area contributed by atoms with Crippen molar-refractivity contribution in [2.75, 3.05) is 11.4 Å². The molecule has 2 unspecified atom stereocenters. The molecular weight excluding hydrogens is 444 g/mol. The predicted molar refractivity (Wildman–Crippen MR) is 121 cm³/mol. The Hall–Kier alpha value is -2.60. The molecule has 1 saturated carbocycles. The first kappa shape index (κ1) is 20.7. The number of fused-ring (bicyclic) bond motifs is 1. The number of ether oxygens (including phenoxy) is 1. The summed E-state index contributed by atoms with van der Waals surface area (Å²) < 4.78 is 6.80. The lowest BCUT2D eigenvalue weighted by Gasteiger charge is -2.32. The molecule has 2 aromatic rings. The zero-order valence-corrected chi connectivity index (χ0v) is 18.5. The molecule has 0 radical (unpaired) electrons. The fourth-order valence-corrected chi connectivity index (χ4v) is 4.51. The quantitative estimate of drug-likeness (QED) is 0.648. The maximum absolute atomic E-state index is 13.2. The highest BCUT2D eigenvalue weighted by atomic mass is 79.9. The first-order chi connectivity index (χ1) is 14.5. The maximum atomic E-state index is 13.2. The van der Waals surface area contributed by atoms with Crippen LogP contribution in [0.5, 0.6) is 5.75 Å². The summed E-state index contributed by atoms with van der Waals surface area (Å²) in [7, 11) is 0. The van der Waals surface area contributed by atoms with Crippen LogP contribution in [0.15, 0.2) is 58.8 Å². The third-order valence-corrected chi connectivity index (χ3v) is 6.23. The Morgan fingerprint density at radius 2 is 2.00 bits per heavy atom. The van der Waals surface area contributed by atoms with Crippen molar-refractivity contribution in [2.45, 2.75) is 38.6 Å². The molecule has 0 aromatic heterocycles. The van der Waals surface area contributed by atoms with Crippen molar-refractivity contribution in [3.8, 4) is 5.75 Å². The predicted octanol–water partition coefficient (Wildman–Crippen LogP) is 4.91. The largest absolute Gasteiger partial charge is 0.449 e. The van der Waals surface area contributed by atoms with Crippen molar-refractivity contribution in [1.29, 1.82) is 0 Å². The number of carbonyl (C=O) groups excluding carboxylic acids is 2. The van der Waals surface area contributed by atoms with E-state index in [2.05, 4.69) is 28.2 Å². The number of hydrogen-bond acceptors (Lipinski definition) is 3. The lowest BCUT2D eigenvalue weighted by Crippen LogP contribution is -2.48. The Morgan fingerprint density at radius 3 is 2.80 bits per heavy atom. The van der Waals surface area contributed by atoms with Gasteiger partial charge in [-0.2, -0.15) is 0 Å². The number of nitrogens with one attached hydrogen (secondary N) is 1. The van der Waals surface area contributed by atoms with Crippen molar-refractivity contribution >= 4 is 39.5 Å². The smallest absolute Gasteiger partial charge is 0.294 e. The van der Waals surface area contributed by atoms with E-state index in [1.165, 1.54) is 11.3 Å². The van der Waals surface area contributed by atoms with Crippen molar-refractivity contribution in [2.24, 2.45) is 5.92 Å². The molecule has 2 aromatic carbocycles. The van der Waals surface area contributed by atoms with Crippen LogP contribution in [0.25, 0.3) is 6.08 Å². The number of hydrogen-bond donors (Lipinski definition) is 1. The number of amides is 2. The summed E-state index contributed by atoms with van der Waals surface area (Å²) in [5.74, 6) is 0.770. The molecule has 2 atom stereocenters. The van der Waals surface area contributed by atoms with Gasteiger partial charge in [0, 0.05) is 10.5 Å². The first-order valence-electron chi connectivity index (χ1n) is 10.4. The molecule has 0 spiro atoms. The molecule has 1 N–H and O–H groups in total. The average molecular weight is 469 g/mol. The second-order valence-electron chi connectivity index (χ2n) is 7.96. The van der Waals surface area contributed by atoms with Crippen molar-refractivity contribution in [1.82, 2.24) is 5.32 Å². The summed E-state index contributed by atoms with van der Waals surface area (Å²) >= 11 is 3.45. The maximum Gasteiger partial charge on any atom is 0.294 e. The summed E-state index contributed by atoms with van der Waals surface area (Å²) in [5.41, 5.74) is 1.45. The SMILES string of the molecule is CC1CCCCC1NC(=O)CN1C(=O)/C(=C\c2cccc(Br)c2)Oc2ccccc21. The first-order valence-corrected chi connectivity index (χ1v) is 11.2. The fraction of sp³-hybridized carbons (Fsp3) is 0.333. The molecule has 1 aliphatic heterocycles. The highest BCUT2D eigenvalue weighted by Crippen LogP contribution is 2.35. The number of carbonyl (C=O) groups is 2. The number of rotatable bonds is 4. The van der Waals surface area contributed by atoms with Gasteiger partial charge >= 0.3 is 0 Å². The van der Waals surface area contributed by atoms with Gasteiger partial charge in [-0.15, -0.1) is 0 Å². The molecule has 6 heteroatoms. The Kier molecular flexibility index (Phi) is 6.23. The van der Waals surface area contributed by atoms with Gasteiger partial charge in [0.2, 0.25) is 5.91 Å². The summed E-state index contributed by atoms with van der Waals surface area (Å²) in [5, 5.41) is 3.14. The number of halogens is 1. The molecule has 1 aliphatic carbocycles. The Bertz CT molecular complexity index is 988. The minimum Gasteiger partial charge on any atom is -0.449 e. The van der Waals surface area contributed by atoms with E-state index in [0.717, 1.165) is 29.3 Å². The van der Waals surface area contributed by atoms with Gasteiger partial charge in [-0.25, -0.2) is 0 Å². The minimum atomic E-state index is -0.319. The number of para-hydroxylation sites is 2. The van der Waals surface area contributed by atoms with Crippen molar-refractivity contribution in [3.63, 3.8) is 0 Å². The number of anilines is 1. The van der Waals surface area contributed by atoms with Crippen LogP contribution in [0.4, 0.5) is 5.69 Å². The van der Waals surface area contributed by atoms with Crippen LogP contribution in [-0.4, -0.2) is 24.4 Å². The van der Waals surface area contributed by atoms with E-state index in [0.29, 0.717) is 17.4 Å². The van der Waals surface area contributed by atoms with E-state index >= 15 is 0 Å². The van der Waals surface area contributed by atoms with Gasteiger partial charge in [-0.3, -0.25) is 14.5 Å². The monoisotopic (exact) mass is 468 g/mol. The molecule has 2 amide bonds. The van der Waals surface area contributed by atoms with Gasteiger partial charge in [-0.05, 0) is 54.7 Å². The van der Waals surface area contributed by atoms with Gasteiger partial charge in [-0.1, -0.05) is 60.0 Å². The van der Waals surface area contributed by atoms with Crippen LogP contribution in [0, 0.1) is 5.92 Å². The lowest BCUT2D eigenvalue weighted by molar-refractivity contribution is -0.124. The van der Waals surface area contributed by atoms with E-state index in [1.807, 2.05) is 42.5 Å². The molecule has 1 heterocycles. The van der Waals surface area contributed by atoms with Crippen molar-refractivity contribution in [3.05, 3.63) is 64.3 Å². The van der Waals surface area contributed by atoms with Crippen LogP contribution in [-0.2, 0) is 9.59 Å². The standard InChI is InChI=1S/C24H25BrN2O3/c1-16-7-2-3-10-19(16)26-23(28)15-27-20-11-4-5-12-21(20)30-22(24(27)29)14-17-8-6-9-18(25)13-17/h4-6,8-9,11-14,16,19H,2-3,7,10,15H2,1H3,(H,26,28)/b22-14+. The molecule has 4 rings (SSSR count). The van der Waals surface area contributed by atoms with Crippen LogP contribution >= 0.6 is 15.9 Å². The number of nitrogens with zero attached hydrogens (tertiary/aromatic N) is 1. The van der Waals surface area contributed by atoms with Gasteiger partial charge in [0.05, 0.1) is 5.69 Å². The van der Waals surface area contributed by atoms with Crippen molar-refractivity contribution < 1.29 is 14.3 Å². The molecule has 1 fully saturated rings. The Labute approximate surface area is 185 Å². The minimum absolute atomic E-state index is 0.0295. The lowest BCUT2D eigenvalue weighted by atomic mass is 9.86. The van der Waals surface area contributed by atoms with Crippen LogP contribution in [0.1, 0.15) is 38.2 Å². The van der Waals surface area contributed by atoms with E-state index in [1.54, 1.807) is 12.1 Å². The molecule has 5 nitrogen and oxygen atoms in total. The van der Waals surface area contributed by atoms with E-state index in [9.17, 15) is 9.59 Å². The molecular formula is C24H25BrN2O3. The van der Waals surface area contributed by atoms with E-state index in [-0.39, 0.29) is 30.2 Å². The topological polar surface area (TPSA) is 58.6 Å². The number of benzene rings is 2. The van der Waals surface area contributed by atoms with E-state index in [4.69, 9.17) is 4.74 Å². The molecule has 30 heavy (non-hydrogen) atoms. The second-order valence-corrected chi connectivity index (χ2v) is 8.88. The van der Waals surface area contributed by atoms with Gasteiger partial charge < -0.3 is 10.1 Å². The molecule has 0 saturated heterocycles. The highest BCUT2D eigenvalue weighted by Gasteiger charge is 2.32. The summed E-state index contributed by atoms with van der Waals surface area (Å²) in [4.78, 5) is 27.5. The fourth-order valence-electron chi connectivity index (χ4n) is 4.09.